The second-order valence-corrected chi connectivity index (χ2v) is 6.75. The molecule has 1 aliphatic heterocycles. The molecule has 1 unspecified atom stereocenters. The third-order valence-electron chi connectivity index (χ3n) is 4.46. The molecule has 122 valence electrons. The zero-order valence-corrected chi connectivity index (χ0v) is 14.4. The van der Waals surface area contributed by atoms with Crippen molar-refractivity contribution in [2.75, 3.05) is 5.32 Å². The average Bonchev–Trinajstić information content (AvgIpc) is 3.08. The average molecular weight is 333 g/mol. The maximum absolute atomic E-state index is 9.36. The van der Waals surface area contributed by atoms with Crippen molar-refractivity contribution in [2.24, 2.45) is 5.92 Å². The molecule has 0 spiro atoms. The fraction of sp³-hybridized carbons (Fsp3) is 0.562. The van der Waals surface area contributed by atoms with E-state index in [4.69, 9.17) is 11.6 Å². The van der Waals surface area contributed by atoms with Gasteiger partial charge in [0.05, 0.1) is 11.9 Å². The zero-order chi connectivity index (χ0) is 16.6. The van der Waals surface area contributed by atoms with Gasteiger partial charge in [0.25, 0.3) is 0 Å². The highest BCUT2D eigenvalue weighted by Crippen LogP contribution is 2.31. The van der Waals surface area contributed by atoms with Crippen LogP contribution in [0.1, 0.15) is 44.9 Å². The van der Waals surface area contributed by atoms with Gasteiger partial charge in [-0.25, -0.2) is 0 Å². The number of nitrogens with one attached hydrogen (secondary N) is 1. The van der Waals surface area contributed by atoms with Gasteiger partial charge in [-0.05, 0) is 32.1 Å². The third kappa shape index (κ3) is 2.81. The maximum Gasteiger partial charge on any atom is 0.196 e. The van der Waals surface area contributed by atoms with Crippen LogP contribution in [-0.4, -0.2) is 25.6 Å². The molecule has 1 N–H and O–H groups in total. The zero-order valence-electron chi connectivity index (χ0n) is 13.7. The van der Waals surface area contributed by atoms with Crippen LogP contribution in [0.3, 0.4) is 0 Å². The Kier molecular flexibility index (Phi) is 4.31. The van der Waals surface area contributed by atoms with Crippen LogP contribution in [0.4, 0.5) is 5.82 Å². The lowest BCUT2D eigenvalue weighted by Gasteiger charge is -2.19. The smallest absolute Gasteiger partial charge is 0.196 e. The van der Waals surface area contributed by atoms with Gasteiger partial charge in [0.1, 0.15) is 22.5 Å². The molecule has 0 aliphatic carbocycles. The first-order valence-electron chi connectivity index (χ1n) is 8.03. The summed E-state index contributed by atoms with van der Waals surface area (Å²) in [7, 11) is 0. The molecule has 7 heteroatoms. The van der Waals surface area contributed by atoms with Gasteiger partial charge in [0.15, 0.2) is 5.82 Å². The molecule has 6 nitrogen and oxygen atoms in total. The number of aromatic nitrogens is 4. The first kappa shape index (κ1) is 15.9. The number of anilines is 1. The molecule has 23 heavy (non-hydrogen) atoms. The van der Waals surface area contributed by atoms with Gasteiger partial charge in [0, 0.05) is 12.6 Å². The van der Waals surface area contributed by atoms with Gasteiger partial charge in [-0.3, -0.25) is 4.68 Å². The molecule has 1 atom stereocenters. The van der Waals surface area contributed by atoms with Gasteiger partial charge >= 0.3 is 0 Å². The molecule has 0 bridgehead atoms. The summed E-state index contributed by atoms with van der Waals surface area (Å²) in [4.78, 5) is 0. The molecule has 0 amide bonds. The van der Waals surface area contributed by atoms with E-state index in [1.54, 1.807) is 10.9 Å². The topological polar surface area (TPSA) is 71.5 Å². The van der Waals surface area contributed by atoms with Crippen LogP contribution < -0.4 is 5.32 Å². The molecule has 0 aromatic carbocycles. The van der Waals surface area contributed by atoms with E-state index in [0.717, 1.165) is 31.5 Å². The lowest BCUT2D eigenvalue weighted by atomic mass is 10.1. The molecule has 3 rings (SSSR count). The van der Waals surface area contributed by atoms with E-state index < -0.39 is 0 Å². The quantitative estimate of drug-likeness (QED) is 0.931. The summed E-state index contributed by atoms with van der Waals surface area (Å²) in [5.74, 6) is 1.69. The van der Waals surface area contributed by atoms with E-state index in [1.807, 2.05) is 4.68 Å². The molecular weight excluding hydrogens is 312 g/mol. The summed E-state index contributed by atoms with van der Waals surface area (Å²) in [6.45, 7) is 7.23. The van der Waals surface area contributed by atoms with Gasteiger partial charge in [-0.15, -0.1) is 0 Å². The van der Waals surface area contributed by atoms with Crippen molar-refractivity contribution >= 4 is 17.4 Å². The Morgan fingerprint density at radius 3 is 2.78 bits per heavy atom. The Labute approximate surface area is 141 Å². The van der Waals surface area contributed by atoms with Crippen LogP contribution in [0, 0.1) is 17.2 Å². The van der Waals surface area contributed by atoms with Gasteiger partial charge in [-0.2, -0.15) is 20.1 Å². The van der Waals surface area contributed by atoms with E-state index in [0.29, 0.717) is 28.1 Å². The number of hydrogen-bond donors (Lipinski definition) is 1. The van der Waals surface area contributed by atoms with Gasteiger partial charge in [0.2, 0.25) is 0 Å². The number of aryl methyl sites for hydroxylation is 1. The van der Waals surface area contributed by atoms with Crippen LogP contribution in [-0.2, 0) is 13.0 Å². The van der Waals surface area contributed by atoms with Crippen LogP contribution >= 0.6 is 11.6 Å². The lowest BCUT2D eigenvalue weighted by Crippen LogP contribution is -2.24. The molecule has 0 fully saturated rings. The van der Waals surface area contributed by atoms with E-state index in [2.05, 4.69) is 42.4 Å². The number of rotatable bonds is 4. The highest BCUT2D eigenvalue weighted by molar-refractivity contribution is 6.32. The predicted octanol–water partition coefficient (Wildman–Crippen LogP) is 3.39. The Balaban J connectivity index is 2.05. The molecule has 0 saturated heterocycles. The summed E-state index contributed by atoms with van der Waals surface area (Å²) in [5, 5.41) is 22.3. The highest BCUT2D eigenvalue weighted by atomic mass is 35.5. The fourth-order valence-corrected chi connectivity index (χ4v) is 3.00. The molecule has 2 aromatic rings. The van der Waals surface area contributed by atoms with Crippen molar-refractivity contribution in [2.45, 2.75) is 52.6 Å². The van der Waals surface area contributed by atoms with Crippen molar-refractivity contribution in [1.82, 2.24) is 19.6 Å². The molecule has 3 heterocycles. The van der Waals surface area contributed by atoms with Crippen LogP contribution in [0.25, 0.3) is 5.82 Å². The summed E-state index contributed by atoms with van der Waals surface area (Å²) >= 11 is 6.55. The van der Waals surface area contributed by atoms with Crippen molar-refractivity contribution in [3.63, 3.8) is 0 Å². The minimum absolute atomic E-state index is 0.202. The maximum atomic E-state index is 9.36. The number of hydrogen-bond acceptors (Lipinski definition) is 4. The minimum atomic E-state index is 0.202. The van der Waals surface area contributed by atoms with E-state index in [1.165, 1.54) is 0 Å². The number of fused-ring (bicyclic) bond motifs is 1. The monoisotopic (exact) mass is 332 g/mol. The van der Waals surface area contributed by atoms with Crippen molar-refractivity contribution in [1.29, 1.82) is 5.26 Å². The standard InChI is InChI=1S/C16H21ClN6/c1-10(2)11(3)20-15-12(8-18)9-19-23(15)16-14(17)13-6-4-5-7-22(13)21-16/h9-11,20H,4-7H2,1-3H3. The SMILES string of the molecule is CC(C)C(C)Nc1c(C#N)cnn1-c1nn2c(c1Cl)CCCC2. The summed E-state index contributed by atoms with van der Waals surface area (Å²) in [6, 6.07) is 2.39. The first-order chi connectivity index (χ1) is 11.0. The highest BCUT2D eigenvalue weighted by Gasteiger charge is 2.24. The molecular formula is C16H21ClN6. The minimum Gasteiger partial charge on any atom is -0.366 e. The van der Waals surface area contributed by atoms with Crippen LogP contribution in [0.15, 0.2) is 6.20 Å². The third-order valence-corrected chi connectivity index (χ3v) is 4.85. The molecule has 0 radical (unpaired) electrons. The van der Waals surface area contributed by atoms with Gasteiger partial charge in [-0.1, -0.05) is 25.4 Å². The first-order valence-corrected chi connectivity index (χ1v) is 8.41. The summed E-state index contributed by atoms with van der Waals surface area (Å²) in [6.07, 6.45) is 4.73. The lowest BCUT2D eigenvalue weighted by molar-refractivity contribution is 0.484. The summed E-state index contributed by atoms with van der Waals surface area (Å²) in [5.41, 5.74) is 1.56. The normalized spacial score (nSPS) is 15.3. The number of nitriles is 1. The summed E-state index contributed by atoms with van der Waals surface area (Å²) < 4.78 is 3.62. The Morgan fingerprint density at radius 1 is 1.35 bits per heavy atom. The van der Waals surface area contributed by atoms with Crippen molar-refractivity contribution in [3.05, 3.63) is 22.5 Å². The Morgan fingerprint density at radius 2 is 2.13 bits per heavy atom. The van der Waals surface area contributed by atoms with Crippen molar-refractivity contribution < 1.29 is 0 Å². The number of nitrogens with zero attached hydrogens (tertiary/aromatic N) is 5. The Hall–Kier alpha value is -2.00. The van der Waals surface area contributed by atoms with E-state index in [9.17, 15) is 5.26 Å². The second-order valence-electron chi connectivity index (χ2n) is 6.37. The van der Waals surface area contributed by atoms with Crippen LogP contribution in [0.2, 0.25) is 5.02 Å². The molecule has 1 aliphatic rings. The van der Waals surface area contributed by atoms with Gasteiger partial charge < -0.3 is 5.32 Å². The fourth-order valence-electron chi connectivity index (χ4n) is 2.69. The largest absolute Gasteiger partial charge is 0.366 e. The Bertz CT molecular complexity index is 751. The van der Waals surface area contributed by atoms with E-state index in [-0.39, 0.29) is 6.04 Å². The molecule has 2 aromatic heterocycles. The predicted molar refractivity (Wildman–Crippen MR) is 89.9 cm³/mol. The molecule has 0 saturated carbocycles. The second kappa shape index (κ2) is 6.25. The van der Waals surface area contributed by atoms with E-state index >= 15 is 0 Å². The number of halogens is 1. The van der Waals surface area contributed by atoms with Crippen molar-refractivity contribution in [3.8, 4) is 11.9 Å². The van der Waals surface area contributed by atoms with Crippen LogP contribution in [0.5, 0.6) is 0 Å².